The molecule has 0 aliphatic rings. The number of carbonyl (C=O) groups excluding carboxylic acids is 2. The van der Waals surface area contributed by atoms with Gasteiger partial charge >= 0.3 is 0 Å². The molecule has 0 atom stereocenters. The Kier molecular flexibility index (Phi) is 4.56. The van der Waals surface area contributed by atoms with Gasteiger partial charge in [0, 0.05) is 31.6 Å². The van der Waals surface area contributed by atoms with E-state index in [2.05, 4.69) is 10.6 Å². The SMILES string of the molecule is CC(=O)NCCNC(=O)c1cc(F)cc(F)c1. The number of carbonyl (C=O) groups is 2. The largest absolute Gasteiger partial charge is 0.355 e. The Balaban J connectivity index is 2.49. The van der Waals surface area contributed by atoms with Crippen molar-refractivity contribution in [1.29, 1.82) is 0 Å². The van der Waals surface area contributed by atoms with E-state index in [1.165, 1.54) is 6.92 Å². The summed E-state index contributed by atoms with van der Waals surface area (Å²) in [5, 5.41) is 4.90. The highest BCUT2D eigenvalue weighted by molar-refractivity contribution is 5.94. The predicted molar refractivity (Wildman–Crippen MR) is 57.4 cm³/mol. The molecule has 1 aromatic carbocycles. The van der Waals surface area contributed by atoms with Crippen LogP contribution in [-0.4, -0.2) is 24.9 Å². The molecule has 0 unspecified atom stereocenters. The van der Waals surface area contributed by atoms with Crippen LogP contribution in [0.3, 0.4) is 0 Å². The van der Waals surface area contributed by atoms with Gasteiger partial charge in [-0.25, -0.2) is 8.78 Å². The predicted octanol–water partition coefficient (Wildman–Crippen LogP) is 0.831. The Hall–Kier alpha value is -1.98. The molecular weight excluding hydrogens is 230 g/mol. The molecule has 1 rings (SSSR count). The Morgan fingerprint density at radius 2 is 1.59 bits per heavy atom. The van der Waals surface area contributed by atoms with Gasteiger partial charge in [0.15, 0.2) is 0 Å². The van der Waals surface area contributed by atoms with Crippen molar-refractivity contribution in [2.45, 2.75) is 6.92 Å². The third-order valence-electron chi connectivity index (χ3n) is 1.91. The summed E-state index contributed by atoms with van der Waals surface area (Å²) in [4.78, 5) is 22.0. The first-order valence-electron chi connectivity index (χ1n) is 4.98. The molecule has 0 aliphatic heterocycles. The Bertz CT molecular complexity index is 415. The lowest BCUT2D eigenvalue weighted by atomic mass is 10.2. The van der Waals surface area contributed by atoms with Crippen LogP contribution in [0.25, 0.3) is 0 Å². The second-order valence-corrected chi connectivity index (χ2v) is 3.40. The van der Waals surface area contributed by atoms with Gasteiger partial charge < -0.3 is 10.6 Å². The molecule has 1 aromatic rings. The number of hydrogen-bond acceptors (Lipinski definition) is 2. The Labute approximate surface area is 97.0 Å². The maximum Gasteiger partial charge on any atom is 0.251 e. The van der Waals surface area contributed by atoms with E-state index in [1.807, 2.05) is 0 Å². The van der Waals surface area contributed by atoms with Crippen molar-refractivity contribution in [3.05, 3.63) is 35.4 Å². The normalized spacial score (nSPS) is 9.82. The van der Waals surface area contributed by atoms with E-state index in [9.17, 15) is 18.4 Å². The zero-order valence-electron chi connectivity index (χ0n) is 9.22. The lowest BCUT2D eigenvalue weighted by molar-refractivity contribution is -0.118. The molecule has 2 N–H and O–H groups in total. The van der Waals surface area contributed by atoms with E-state index in [4.69, 9.17) is 0 Å². The van der Waals surface area contributed by atoms with E-state index < -0.39 is 17.5 Å². The van der Waals surface area contributed by atoms with Gasteiger partial charge in [-0.3, -0.25) is 9.59 Å². The average Bonchev–Trinajstić information content (AvgIpc) is 2.22. The van der Waals surface area contributed by atoms with Crippen molar-refractivity contribution >= 4 is 11.8 Å². The molecule has 6 heteroatoms. The first-order chi connectivity index (χ1) is 7.99. The second kappa shape index (κ2) is 5.93. The highest BCUT2D eigenvalue weighted by Crippen LogP contribution is 2.07. The minimum atomic E-state index is -0.808. The van der Waals surface area contributed by atoms with Crippen molar-refractivity contribution in [2.75, 3.05) is 13.1 Å². The topological polar surface area (TPSA) is 58.2 Å². The van der Waals surface area contributed by atoms with E-state index in [0.717, 1.165) is 12.1 Å². The van der Waals surface area contributed by atoms with Crippen LogP contribution in [0.5, 0.6) is 0 Å². The Morgan fingerprint density at radius 1 is 1.06 bits per heavy atom. The van der Waals surface area contributed by atoms with Crippen LogP contribution in [-0.2, 0) is 4.79 Å². The smallest absolute Gasteiger partial charge is 0.251 e. The summed E-state index contributed by atoms with van der Waals surface area (Å²) in [6.45, 7) is 1.80. The molecule has 17 heavy (non-hydrogen) atoms. The lowest BCUT2D eigenvalue weighted by Crippen LogP contribution is -2.33. The third kappa shape index (κ3) is 4.58. The molecule has 0 saturated carbocycles. The average molecular weight is 242 g/mol. The molecule has 92 valence electrons. The van der Waals surface area contributed by atoms with Crippen molar-refractivity contribution in [3.63, 3.8) is 0 Å². The highest BCUT2D eigenvalue weighted by Gasteiger charge is 2.08. The van der Waals surface area contributed by atoms with E-state index in [0.29, 0.717) is 6.07 Å². The molecule has 0 bridgehead atoms. The first kappa shape index (κ1) is 13.1. The van der Waals surface area contributed by atoms with Crippen molar-refractivity contribution < 1.29 is 18.4 Å². The van der Waals surface area contributed by atoms with Crippen molar-refractivity contribution in [2.24, 2.45) is 0 Å². The molecule has 0 aromatic heterocycles. The van der Waals surface area contributed by atoms with Crippen molar-refractivity contribution in [1.82, 2.24) is 10.6 Å². The summed E-state index contributed by atoms with van der Waals surface area (Å²) in [5.74, 6) is -2.42. The number of benzene rings is 1. The summed E-state index contributed by atoms with van der Waals surface area (Å²) in [7, 11) is 0. The number of hydrogen-bond donors (Lipinski definition) is 2. The summed E-state index contributed by atoms with van der Waals surface area (Å²) in [6, 6.07) is 2.57. The summed E-state index contributed by atoms with van der Waals surface area (Å²) in [6.07, 6.45) is 0. The molecule has 0 heterocycles. The van der Waals surface area contributed by atoms with Crippen LogP contribution in [0.15, 0.2) is 18.2 Å². The molecule has 4 nitrogen and oxygen atoms in total. The minimum absolute atomic E-state index is 0.0923. The van der Waals surface area contributed by atoms with Crippen LogP contribution in [0.4, 0.5) is 8.78 Å². The van der Waals surface area contributed by atoms with Gasteiger partial charge in [-0.05, 0) is 12.1 Å². The van der Waals surface area contributed by atoms with Crippen LogP contribution in [0.1, 0.15) is 17.3 Å². The van der Waals surface area contributed by atoms with Gasteiger partial charge in [0.2, 0.25) is 5.91 Å². The van der Waals surface area contributed by atoms with E-state index in [-0.39, 0.29) is 24.6 Å². The zero-order chi connectivity index (χ0) is 12.8. The highest BCUT2D eigenvalue weighted by atomic mass is 19.1. The van der Waals surface area contributed by atoms with Gasteiger partial charge in [-0.1, -0.05) is 0 Å². The molecular formula is C11H12F2N2O2. The fourth-order valence-corrected chi connectivity index (χ4v) is 1.20. The van der Waals surface area contributed by atoms with Crippen LogP contribution >= 0.6 is 0 Å². The fourth-order valence-electron chi connectivity index (χ4n) is 1.20. The standard InChI is InChI=1S/C11H12F2N2O2/c1-7(16)14-2-3-15-11(17)8-4-9(12)6-10(13)5-8/h4-6H,2-3H2,1H3,(H,14,16)(H,15,17). The van der Waals surface area contributed by atoms with Gasteiger partial charge in [-0.15, -0.1) is 0 Å². The van der Waals surface area contributed by atoms with Crippen LogP contribution < -0.4 is 10.6 Å². The monoisotopic (exact) mass is 242 g/mol. The summed E-state index contributed by atoms with van der Waals surface area (Å²) >= 11 is 0. The number of nitrogens with one attached hydrogen (secondary N) is 2. The van der Waals surface area contributed by atoms with Gasteiger partial charge in [0.1, 0.15) is 11.6 Å². The molecule has 0 radical (unpaired) electrons. The number of amides is 2. The maximum atomic E-state index is 12.8. The quantitative estimate of drug-likeness (QED) is 0.768. The van der Waals surface area contributed by atoms with Crippen LogP contribution in [0.2, 0.25) is 0 Å². The maximum absolute atomic E-state index is 12.8. The van der Waals surface area contributed by atoms with Gasteiger partial charge in [0.05, 0.1) is 0 Å². The summed E-state index contributed by atoms with van der Waals surface area (Å²) in [5.41, 5.74) is -0.0923. The molecule has 0 saturated heterocycles. The summed E-state index contributed by atoms with van der Waals surface area (Å²) < 4.78 is 25.6. The molecule has 0 spiro atoms. The third-order valence-corrected chi connectivity index (χ3v) is 1.91. The lowest BCUT2D eigenvalue weighted by Gasteiger charge is -2.05. The number of rotatable bonds is 4. The first-order valence-corrected chi connectivity index (χ1v) is 4.98. The minimum Gasteiger partial charge on any atom is -0.355 e. The van der Waals surface area contributed by atoms with E-state index >= 15 is 0 Å². The van der Waals surface area contributed by atoms with Gasteiger partial charge in [-0.2, -0.15) is 0 Å². The molecule has 2 amide bonds. The second-order valence-electron chi connectivity index (χ2n) is 3.40. The molecule has 0 fully saturated rings. The van der Waals surface area contributed by atoms with E-state index in [1.54, 1.807) is 0 Å². The van der Waals surface area contributed by atoms with Crippen LogP contribution in [0, 0.1) is 11.6 Å². The van der Waals surface area contributed by atoms with Crippen molar-refractivity contribution in [3.8, 4) is 0 Å². The number of halogens is 2. The zero-order valence-corrected chi connectivity index (χ0v) is 9.22. The molecule has 0 aliphatic carbocycles. The Morgan fingerprint density at radius 3 is 2.12 bits per heavy atom. The van der Waals surface area contributed by atoms with Gasteiger partial charge in [0.25, 0.3) is 5.91 Å². The fraction of sp³-hybridized carbons (Fsp3) is 0.273.